The van der Waals surface area contributed by atoms with Gasteiger partial charge >= 0.3 is 0 Å². The first-order valence-electron chi connectivity index (χ1n) is 4.53. The van der Waals surface area contributed by atoms with Gasteiger partial charge < -0.3 is 5.73 Å². The molecule has 9 heteroatoms. The zero-order valence-corrected chi connectivity index (χ0v) is 10.4. The molecule has 90 valence electrons. The number of hydrogen-bond acceptors (Lipinski definition) is 7. The van der Waals surface area contributed by atoms with Crippen LogP contribution >= 0.6 is 11.5 Å². The SMILES string of the molecule is Cc1cccc(N)c1S(=O)(=O)Nc1nnns1. The molecule has 0 saturated heterocycles. The molecule has 7 nitrogen and oxygen atoms in total. The average Bonchev–Trinajstić information content (AvgIpc) is 2.68. The molecule has 0 atom stereocenters. The van der Waals surface area contributed by atoms with Gasteiger partial charge in [-0.3, -0.25) is 4.72 Å². The number of aryl methyl sites for hydroxylation is 1. The van der Waals surface area contributed by atoms with Gasteiger partial charge in [0.15, 0.2) is 0 Å². The van der Waals surface area contributed by atoms with Crippen molar-refractivity contribution < 1.29 is 8.42 Å². The zero-order valence-electron chi connectivity index (χ0n) is 8.78. The maximum Gasteiger partial charge on any atom is 0.266 e. The third-order valence-electron chi connectivity index (χ3n) is 2.03. The van der Waals surface area contributed by atoms with Crippen molar-refractivity contribution in [2.75, 3.05) is 10.5 Å². The van der Waals surface area contributed by atoms with Crippen molar-refractivity contribution in [3.63, 3.8) is 0 Å². The Balaban J connectivity index is 2.45. The lowest BCUT2D eigenvalue weighted by molar-refractivity contribution is 0.601. The molecule has 2 aromatic rings. The molecule has 0 aliphatic heterocycles. The van der Waals surface area contributed by atoms with Crippen molar-refractivity contribution in [3.8, 4) is 0 Å². The van der Waals surface area contributed by atoms with Gasteiger partial charge in [0.1, 0.15) is 4.90 Å². The molecule has 0 spiro atoms. The molecule has 17 heavy (non-hydrogen) atoms. The lowest BCUT2D eigenvalue weighted by Gasteiger charge is -2.09. The number of benzene rings is 1. The van der Waals surface area contributed by atoms with Crippen molar-refractivity contribution in [2.45, 2.75) is 11.8 Å². The van der Waals surface area contributed by atoms with Crippen LogP contribution in [0.5, 0.6) is 0 Å². The van der Waals surface area contributed by atoms with Crippen LogP contribution in [0, 0.1) is 6.92 Å². The highest BCUT2D eigenvalue weighted by Gasteiger charge is 2.21. The molecule has 1 aromatic carbocycles. The van der Waals surface area contributed by atoms with Gasteiger partial charge in [0, 0.05) is 11.5 Å². The summed E-state index contributed by atoms with van der Waals surface area (Å²) in [6.07, 6.45) is 0. The van der Waals surface area contributed by atoms with Gasteiger partial charge in [-0.1, -0.05) is 21.7 Å². The largest absolute Gasteiger partial charge is 0.398 e. The van der Waals surface area contributed by atoms with Gasteiger partial charge in [0.2, 0.25) is 5.13 Å². The molecule has 1 heterocycles. The highest BCUT2D eigenvalue weighted by atomic mass is 32.2. The molecule has 2 rings (SSSR count). The van der Waals surface area contributed by atoms with Crippen molar-refractivity contribution in [1.82, 2.24) is 14.8 Å². The van der Waals surface area contributed by atoms with Gasteiger partial charge in [0.25, 0.3) is 10.0 Å². The van der Waals surface area contributed by atoms with E-state index in [2.05, 4.69) is 19.5 Å². The molecule has 1 aromatic heterocycles. The number of hydrogen-bond donors (Lipinski definition) is 2. The molecule has 3 N–H and O–H groups in total. The molecule has 0 amide bonds. The van der Waals surface area contributed by atoms with E-state index in [4.69, 9.17) is 5.73 Å². The summed E-state index contributed by atoms with van der Waals surface area (Å²) in [6, 6.07) is 4.89. The first-order valence-corrected chi connectivity index (χ1v) is 6.79. The second kappa shape index (κ2) is 4.26. The molecule has 0 aliphatic carbocycles. The Morgan fingerprint density at radius 2 is 2.18 bits per heavy atom. The van der Waals surface area contributed by atoms with E-state index < -0.39 is 10.0 Å². The predicted octanol–water partition coefficient (Wildman–Crippen LogP) is 0.625. The number of nitrogens with two attached hydrogens (primary N) is 1. The minimum Gasteiger partial charge on any atom is -0.398 e. The normalized spacial score (nSPS) is 11.4. The second-order valence-corrected chi connectivity index (χ2v) is 5.62. The molecule has 0 saturated carbocycles. The van der Waals surface area contributed by atoms with Crippen LogP contribution in [0.3, 0.4) is 0 Å². The van der Waals surface area contributed by atoms with Crippen LogP contribution in [0.25, 0.3) is 0 Å². The first kappa shape index (κ1) is 11.7. The molecular weight excluding hydrogens is 262 g/mol. The summed E-state index contributed by atoms with van der Waals surface area (Å²) in [6.45, 7) is 1.67. The molecule has 0 bridgehead atoms. The van der Waals surface area contributed by atoms with Gasteiger partial charge in [-0.05, 0) is 23.8 Å². The summed E-state index contributed by atoms with van der Waals surface area (Å²) in [5.74, 6) is 0. The van der Waals surface area contributed by atoms with Crippen molar-refractivity contribution in [2.24, 2.45) is 0 Å². The summed E-state index contributed by atoms with van der Waals surface area (Å²) >= 11 is 0.853. The maximum atomic E-state index is 12.1. The highest BCUT2D eigenvalue weighted by Crippen LogP contribution is 2.24. The maximum absolute atomic E-state index is 12.1. The van der Waals surface area contributed by atoms with E-state index in [-0.39, 0.29) is 15.7 Å². The Bertz CT molecular complexity index is 603. The van der Waals surface area contributed by atoms with Crippen molar-refractivity contribution in [1.29, 1.82) is 0 Å². The number of nitrogens with zero attached hydrogens (tertiary/aromatic N) is 3. The third kappa shape index (κ3) is 2.34. The second-order valence-electron chi connectivity index (χ2n) is 3.27. The zero-order chi connectivity index (χ0) is 12.5. The van der Waals surface area contributed by atoms with Crippen LogP contribution in [0.4, 0.5) is 10.8 Å². The Morgan fingerprint density at radius 3 is 2.76 bits per heavy atom. The van der Waals surface area contributed by atoms with Gasteiger partial charge in [-0.25, -0.2) is 8.42 Å². The Morgan fingerprint density at radius 1 is 1.41 bits per heavy atom. The monoisotopic (exact) mass is 271 g/mol. The standard InChI is InChI=1S/C8H9N5O2S2/c1-5-3-2-4-6(9)7(5)17(14,15)11-8-10-12-13-16-8/h2-4H,9H2,1H3,(H,10,11,13). The summed E-state index contributed by atoms with van der Waals surface area (Å²) in [5, 5.41) is 6.92. The van der Waals surface area contributed by atoms with Crippen LogP contribution in [-0.4, -0.2) is 23.2 Å². The average molecular weight is 271 g/mol. The van der Waals surface area contributed by atoms with Gasteiger partial charge in [-0.2, -0.15) is 0 Å². The Labute approximate surface area is 102 Å². The van der Waals surface area contributed by atoms with Gasteiger partial charge in [0.05, 0.1) is 5.69 Å². The number of nitrogen functional groups attached to an aromatic ring is 1. The van der Waals surface area contributed by atoms with Crippen LogP contribution < -0.4 is 10.5 Å². The number of anilines is 2. The number of sulfonamides is 1. The van der Waals surface area contributed by atoms with E-state index in [1.807, 2.05) is 0 Å². The fourth-order valence-electron chi connectivity index (χ4n) is 1.38. The molecule has 0 aliphatic rings. The highest BCUT2D eigenvalue weighted by molar-refractivity contribution is 7.93. The minimum atomic E-state index is -3.75. The van der Waals surface area contributed by atoms with Gasteiger partial charge in [-0.15, -0.1) is 0 Å². The molecular formula is C8H9N5O2S2. The summed E-state index contributed by atoms with van der Waals surface area (Å²) < 4.78 is 29.9. The van der Waals surface area contributed by atoms with Crippen LogP contribution in [0.15, 0.2) is 23.1 Å². The molecule has 0 fully saturated rings. The van der Waals surface area contributed by atoms with E-state index in [9.17, 15) is 8.42 Å². The lowest BCUT2D eigenvalue weighted by atomic mass is 10.2. The topological polar surface area (TPSA) is 111 Å². The third-order valence-corrected chi connectivity index (χ3v) is 4.23. The van der Waals surface area contributed by atoms with Crippen LogP contribution in [-0.2, 0) is 10.0 Å². The molecule has 0 radical (unpaired) electrons. The first-order chi connectivity index (χ1) is 8.00. The fourth-order valence-corrected chi connectivity index (χ4v) is 3.33. The van der Waals surface area contributed by atoms with E-state index in [1.54, 1.807) is 19.1 Å². The Kier molecular flexibility index (Phi) is 2.94. The fraction of sp³-hybridized carbons (Fsp3) is 0.125. The summed E-state index contributed by atoms with van der Waals surface area (Å²) in [7, 11) is -3.75. The summed E-state index contributed by atoms with van der Waals surface area (Å²) in [4.78, 5) is 0.0511. The minimum absolute atomic E-state index is 0.0511. The Hall–Kier alpha value is -1.74. The smallest absolute Gasteiger partial charge is 0.266 e. The predicted molar refractivity (Wildman–Crippen MR) is 64.1 cm³/mol. The van der Waals surface area contributed by atoms with E-state index in [0.29, 0.717) is 5.56 Å². The summed E-state index contributed by atoms with van der Waals surface area (Å²) in [5.41, 5.74) is 6.42. The molecule has 0 unspecified atom stereocenters. The lowest BCUT2D eigenvalue weighted by Crippen LogP contribution is -2.16. The number of aromatic nitrogens is 3. The van der Waals surface area contributed by atoms with E-state index >= 15 is 0 Å². The quantitative estimate of drug-likeness (QED) is 0.792. The van der Waals surface area contributed by atoms with E-state index in [1.165, 1.54) is 6.07 Å². The van der Waals surface area contributed by atoms with Crippen molar-refractivity contribution >= 4 is 32.4 Å². The van der Waals surface area contributed by atoms with E-state index in [0.717, 1.165) is 11.5 Å². The van der Waals surface area contributed by atoms with Crippen LogP contribution in [0.2, 0.25) is 0 Å². The van der Waals surface area contributed by atoms with Crippen molar-refractivity contribution in [3.05, 3.63) is 23.8 Å². The number of nitrogens with one attached hydrogen (secondary N) is 1. The van der Waals surface area contributed by atoms with Crippen LogP contribution in [0.1, 0.15) is 5.56 Å². The number of rotatable bonds is 3.